The minimum Gasteiger partial charge on any atom is -0.491 e. The van der Waals surface area contributed by atoms with Gasteiger partial charge in [-0.15, -0.1) is 0 Å². The van der Waals surface area contributed by atoms with E-state index in [2.05, 4.69) is 5.32 Å². The summed E-state index contributed by atoms with van der Waals surface area (Å²) < 4.78 is 31.6. The van der Waals surface area contributed by atoms with Gasteiger partial charge < -0.3 is 10.1 Å². The van der Waals surface area contributed by atoms with E-state index in [1.54, 1.807) is 12.1 Å². The molecule has 29 heavy (non-hydrogen) atoms. The first-order chi connectivity index (χ1) is 13.6. The third-order valence-corrected chi connectivity index (χ3v) is 5.57. The number of amides is 1. The van der Waals surface area contributed by atoms with Crippen LogP contribution < -0.4 is 14.4 Å². The highest BCUT2D eigenvalue weighted by molar-refractivity contribution is 7.92. The van der Waals surface area contributed by atoms with Crippen molar-refractivity contribution in [2.75, 3.05) is 23.7 Å². The van der Waals surface area contributed by atoms with Crippen LogP contribution in [0, 0.1) is 6.92 Å². The van der Waals surface area contributed by atoms with Crippen LogP contribution in [0.5, 0.6) is 5.75 Å². The number of rotatable bonds is 9. The molecule has 0 aliphatic carbocycles. The summed E-state index contributed by atoms with van der Waals surface area (Å²) in [5.74, 6) is 0.467. The van der Waals surface area contributed by atoms with Crippen LogP contribution in [0.4, 0.5) is 5.69 Å². The number of anilines is 1. The first-order valence-electron chi connectivity index (χ1n) is 9.63. The van der Waals surface area contributed by atoms with Gasteiger partial charge in [0.25, 0.3) is 0 Å². The molecule has 0 bridgehead atoms. The molecule has 0 heterocycles. The molecule has 2 rings (SSSR count). The van der Waals surface area contributed by atoms with Gasteiger partial charge in [-0.1, -0.05) is 49.7 Å². The average molecular weight is 419 g/mol. The predicted octanol–water partition coefficient (Wildman–Crippen LogP) is 3.47. The molecule has 0 aliphatic heterocycles. The lowest BCUT2D eigenvalue weighted by Crippen LogP contribution is -2.45. The Labute approximate surface area is 173 Å². The second-order valence-electron chi connectivity index (χ2n) is 7.58. The van der Waals surface area contributed by atoms with E-state index in [1.165, 1.54) is 0 Å². The summed E-state index contributed by atoms with van der Waals surface area (Å²) in [5.41, 5.74) is 2.55. The van der Waals surface area contributed by atoms with E-state index in [0.717, 1.165) is 27.4 Å². The molecule has 0 radical (unpaired) electrons. The summed E-state index contributed by atoms with van der Waals surface area (Å²) in [4.78, 5) is 12.5. The largest absolute Gasteiger partial charge is 0.491 e. The van der Waals surface area contributed by atoms with Crippen LogP contribution >= 0.6 is 0 Å². The predicted molar refractivity (Wildman–Crippen MR) is 117 cm³/mol. The molecule has 158 valence electrons. The SMILES string of the molecule is Cc1ccc(OC[C@H](C)NC(=O)CN(c2ccccc2C(C)C)S(C)(=O)=O)cc1. The highest BCUT2D eigenvalue weighted by atomic mass is 32.2. The molecular weight excluding hydrogens is 388 g/mol. The van der Waals surface area contributed by atoms with Gasteiger partial charge in [0.15, 0.2) is 0 Å². The van der Waals surface area contributed by atoms with Crippen molar-refractivity contribution in [3.63, 3.8) is 0 Å². The first-order valence-corrected chi connectivity index (χ1v) is 11.5. The molecule has 1 atom stereocenters. The Kier molecular flexibility index (Phi) is 7.67. The Balaban J connectivity index is 2.04. The van der Waals surface area contributed by atoms with E-state index in [-0.39, 0.29) is 31.0 Å². The molecule has 6 nitrogen and oxygen atoms in total. The van der Waals surface area contributed by atoms with Gasteiger partial charge in [0.1, 0.15) is 18.9 Å². The van der Waals surface area contributed by atoms with Gasteiger partial charge in [0, 0.05) is 0 Å². The fraction of sp³-hybridized carbons (Fsp3) is 0.409. The number of para-hydroxylation sites is 1. The van der Waals surface area contributed by atoms with Crippen molar-refractivity contribution in [3.8, 4) is 5.75 Å². The van der Waals surface area contributed by atoms with E-state index in [1.807, 2.05) is 64.1 Å². The number of carbonyl (C=O) groups is 1. The summed E-state index contributed by atoms with van der Waals surface area (Å²) in [6, 6.07) is 14.6. The van der Waals surface area contributed by atoms with Crippen molar-refractivity contribution in [2.45, 2.75) is 39.7 Å². The van der Waals surface area contributed by atoms with E-state index < -0.39 is 10.0 Å². The smallest absolute Gasteiger partial charge is 0.241 e. The first kappa shape index (κ1) is 22.7. The van der Waals surface area contributed by atoms with Gasteiger partial charge in [0.05, 0.1) is 18.0 Å². The Bertz CT molecular complexity index is 924. The molecule has 1 amide bonds. The summed E-state index contributed by atoms with van der Waals surface area (Å²) in [6.45, 7) is 7.80. The van der Waals surface area contributed by atoms with Crippen molar-refractivity contribution >= 4 is 21.6 Å². The molecule has 1 N–H and O–H groups in total. The fourth-order valence-corrected chi connectivity index (χ4v) is 3.81. The Morgan fingerprint density at radius 1 is 1.07 bits per heavy atom. The Morgan fingerprint density at radius 3 is 2.28 bits per heavy atom. The topological polar surface area (TPSA) is 75.7 Å². The van der Waals surface area contributed by atoms with Crippen LogP contribution in [0.2, 0.25) is 0 Å². The van der Waals surface area contributed by atoms with E-state index in [9.17, 15) is 13.2 Å². The maximum Gasteiger partial charge on any atom is 0.241 e. The third-order valence-electron chi connectivity index (χ3n) is 4.44. The minimum absolute atomic E-state index is 0.125. The number of benzene rings is 2. The Morgan fingerprint density at radius 2 is 1.69 bits per heavy atom. The second kappa shape index (κ2) is 9.78. The molecule has 0 saturated heterocycles. The quantitative estimate of drug-likeness (QED) is 0.677. The van der Waals surface area contributed by atoms with Crippen LogP contribution in [-0.4, -0.2) is 39.8 Å². The number of carbonyl (C=O) groups excluding carboxylic acids is 1. The zero-order valence-corrected chi connectivity index (χ0v) is 18.5. The minimum atomic E-state index is -3.62. The molecule has 0 fully saturated rings. The highest BCUT2D eigenvalue weighted by Crippen LogP contribution is 2.28. The standard InChI is InChI=1S/C22H30N2O4S/c1-16(2)20-8-6-7-9-21(20)24(29(5,26)27)14-22(25)23-18(4)15-28-19-12-10-17(3)11-13-19/h6-13,16,18H,14-15H2,1-5H3,(H,23,25)/t18-/m0/s1. The molecule has 0 spiro atoms. The normalized spacial score (nSPS) is 12.5. The molecule has 2 aromatic carbocycles. The van der Waals surface area contributed by atoms with E-state index in [4.69, 9.17) is 4.74 Å². The summed E-state index contributed by atoms with van der Waals surface area (Å²) in [6.07, 6.45) is 1.11. The number of nitrogens with zero attached hydrogens (tertiary/aromatic N) is 1. The summed E-state index contributed by atoms with van der Waals surface area (Å²) >= 11 is 0. The van der Waals surface area contributed by atoms with Crippen LogP contribution in [0.25, 0.3) is 0 Å². The number of ether oxygens (including phenoxy) is 1. The van der Waals surface area contributed by atoms with E-state index in [0.29, 0.717) is 5.69 Å². The number of aryl methyl sites for hydroxylation is 1. The van der Waals surface area contributed by atoms with Gasteiger partial charge in [-0.3, -0.25) is 9.10 Å². The van der Waals surface area contributed by atoms with Crippen LogP contribution in [0.3, 0.4) is 0 Å². The van der Waals surface area contributed by atoms with Crippen molar-refractivity contribution < 1.29 is 17.9 Å². The third kappa shape index (κ3) is 6.78. The summed E-state index contributed by atoms with van der Waals surface area (Å²) in [7, 11) is -3.62. The van der Waals surface area contributed by atoms with Crippen LogP contribution in [0.1, 0.15) is 37.8 Å². The maximum absolute atomic E-state index is 12.5. The van der Waals surface area contributed by atoms with E-state index >= 15 is 0 Å². The van der Waals surface area contributed by atoms with Crippen LogP contribution in [0.15, 0.2) is 48.5 Å². The zero-order chi connectivity index (χ0) is 21.6. The van der Waals surface area contributed by atoms with Gasteiger partial charge >= 0.3 is 0 Å². The van der Waals surface area contributed by atoms with Gasteiger partial charge in [-0.25, -0.2) is 8.42 Å². The number of sulfonamides is 1. The fourth-order valence-electron chi connectivity index (χ4n) is 2.93. The molecule has 0 unspecified atom stereocenters. The zero-order valence-electron chi connectivity index (χ0n) is 17.7. The van der Waals surface area contributed by atoms with Crippen molar-refractivity contribution in [2.24, 2.45) is 0 Å². The number of hydrogen-bond acceptors (Lipinski definition) is 4. The lowest BCUT2D eigenvalue weighted by atomic mass is 10.0. The van der Waals surface area contributed by atoms with Crippen molar-refractivity contribution in [1.29, 1.82) is 0 Å². The second-order valence-corrected chi connectivity index (χ2v) is 9.48. The molecule has 0 saturated carbocycles. The maximum atomic E-state index is 12.5. The molecule has 0 aliphatic rings. The molecule has 7 heteroatoms. The highest BCUT2D eigenvalue weighted by Gasteiger charge is 2.24. The summed E-state index contributed by atoms with van der Waals surface area (Å²) in [5, 5.41) is 2.81. The van der Waals surface area contributed by atoms with Gasteiger partial charge in [-0.05, 0) is 43.5 Å². The van der Waals surface area contributed by atoms with Gasteiger partial charge in [0.2, 0.25) is 15.9 Å². The average Bonchev–Trinajstić information content (AvgIpc) is 2.64. The Hall–Kier alpha value is -2.54. The molecular formula is C22H30N2O4S. The van der Waals surface area contributed by atoms with Crippen molar-refractivity contribution in [3.05, 3.63) is 59.7 Å². The molecule has 0 aromatic heterocycles. The van der Waals surface area contributed by atoms with Gasteiger partial charge in [-0.2, -0.15) is 0 Å². The van der Waals surface area contributed by atoms with Crippen molar-refractivity contribution in [1.82, 2.24) is 5.32 Å². The lowest BCUT2D eigenvalue weighted by molar-refractivity contribution is -0.120. The van der Waals surface area contributed by atoms with Crippen LogP contribution in [-0.2, 0) is 14.8 Å². The molecule has 2 aromatic rings. The lowest BCUT2D eigenvalue weighted by Gasteiger charge is -2.26. The monoisotopic (exact) mass is 418 g/mol. The number of hydrogen-bond donors (Lipinski definition) is 1. The number of nitrogens with one attached hydrogen (secondary N) is 1.